The number of phenols is 1. The predicted molar refractivity (Wildman–Crippen MR) is 49.2 cm³/mol. The topological polar surface area (TPSA) is 60.8 Å². The Hall–Kier alpha value is -1.71. The van der Waals surface area contributed by atoms with E-state index in [-0.39, 0.29) is 5.75 Å². The van der Waals surface area contributed by atoms with Crippen LogP contribution < -0.4 is 4.90 Å². The van der Waals surface area contributed by atoms with Crippen LogP contribution in [-0.2, 0) is 0 Å². The van der Waals surface area contributed by atoms with E-state index in [0.717, 1.165) is 4.90 Å². The molecule has 0 aliphatic carbocycles. The summed E-state index contributed by atoms with van der Waals surface area (Å²) >= 11 is 0. The number of aromatic hydroxyl groups is 1. The molecule has 0 spiro atoms. The lowest BCUT2D eigenvalue weighted by Gasteiger charge is -2.17. The van der Waals surface area contributed by atoms with Crippen LogP contribution in [-0.4, -0.2) is 22.9 Å². The largest absolute Gasteiger partial charge is 0.506 e. The Bertz CT molecular complexity index is 311. The quantitative estimate of drug-likeness (QED) is 0.732. The standard InChI is InChI=1S/C9H11NO3/c1-2-10(9(12)13)7-5-3-4-6-8(7)11/h3-6,11H,2H2,1H3,(H,12,13). The maximum absolute atomic E-state index is 10.7. The number of para-hydroxylation sites is 2. The highest BCUT2D eigenvalue weighted by molar-refractivity contribution is 5.87. The van der Waals surface area contributed by atoms with E-state index in [2.05, 4.69) is 0 Å². The molecule has 0 aliphatic heterocycles. The average molecular weight is 181 g/mol. The first-order chi connectivity index (χ1) is 6.16. The van der Waals surface area contributed by atoms with Crippen LogP contribution in [0.15, 0.2) is 24.3 Å². The molecule has 1 rings (SSSR count). The van der Waals surface area contributed by atoms with Crippen molar-refractivity contribution in [2.45, 2.75) is 6.92 Å². The third-order valence-electron chi connectivity index (χ3n) is 1.72. The zero-order valence-electron chi connectivity index (χ0n) is 7.27. The normalized spacial score (nSPS) is 9.62. The molecule has 0 radical (unpaired) electrons. The van der Waals surface area contributed by atoms with Gasteiger partial charge in [-0.2, -0.15) is 0 Å². The highest BCUT2D eigenvalue weighted by atomic mass is 16.4. The van der Waals surface area contributed by atoms with Crippen LogP contribution in [0.2, 0.25) is 0 Å². The SMILES string of the molecule is CCN(C(=O)O)c1ccccc1O. The summed E-state index contributed by atoms with van der Waals surface area (Å²) in [5, 5.41) is 18.1. The van der Waals surface area contributed by atoms with Gasteiger partial charge in [-0.1, -0.05) is 12.1 Å². The van der Waals surface area contributed by atoms with Crippen LogP contribution in [0.5, 0.6) is 5.75 Å². The smallest absolute Gasteiger partial charge is 0.411 e. The molecule has 2 N–H and O–H groups in total. The second-order valence-electron chi connectivity index (χ2n) is 2.52. The fourth-order valence-corrected chi connectivity index (χ4v) is 1.10. The third-order valence-corrected chi connectivity index (χ3v) is 1.72. The summed E-state index contributed by atoms with van der Waals surface area (Å²) in [6, 6.07) is 6.35. The third kappa shape index (κ3) is 1.90. The van der Waals surface area contributed by atoms with Crippen molar-refractivity contribution in [2.75, 3.05) is 11.4 Å². The maximum atomic E-state index is 10.7. The van der Waals surface area contributed by atoms with Crippen molar-refractivity contribution < 1.29 is 15.0 Å². The minimum Gasteiger partial charge on any atom is -0.506 e. The van der Waals surface area contributed by atoms with Crippen molar-refractivity contribution >= 4 is 11.8 Å². The fourth-order valence-electron chi connectivity index (χ4n) is 1.10. The number of hydrogen-bond donors (Lipinski definition) is 2. The minimum atomic E-state index is -1.07. The van der Waals surface area contributed by atoms with Gasteiger partial charge in [-0.3, -0.25) is 4.90 Å². The molecule has 0 aliphatic rings. The number of nitrogens with zero attached hydrogens (tertiary/aromatic N) is 1. The van der Waals surface area contributed by atoms with Crippen LogP contribution in [0.3, 0.4) is 0 Å². The van der Waals surface area contributed by atoms with E-state index in [0.29, 0.717) is 12.2 Å². The maximum Gasteiger partial charge on any atom is 0.411 e. The fraction of sp³-hybridized carbons (Fsp3) is 0.222. The molecule has 0 unspecified atom stereocenters. The molecular formula is C9H11NO3. The van der Waals surface area contributed by atoms with Gasteiger partial charge in [0.05, 0.1) is 5.69 Å². The first kappa shape index (κ1) is 9.38. The molecule has 0 fully saturated rings. The Labute approximate surface area is 76.0 Å². The van der Waals surface area contributed by atoms with Crippen molar-refractivity contribution in [1.29, 1.82) is 0 Å². The zero-order valence-corrected chi connectivity index (χ0v) is 7.27. The number of carboxylic acid groups (broad SMARTS) is 1. The molecule has 0 atom stereocenters. The number of carbonyl (C=O) groups is 1. The Morgan fingerprint density at radius 3 is 2.54 bits per heavy atom. The van der Waals surface area contributed by atoms with E-state index in [1.807, 2.05) is 0 Å². The van der Waals surface area contributed by atoms with Crippen LogP contribution in [0.1, 0.15) is 6.92 Å². The molecule has 1 aromatic rings. The predicted octanol–water partition coefficient (Wildman–Crippen LogP) is 1.90. The summed E-state index contributed by atoms with van der Waals surface area (Å²) in [5.74, 6) is -0.0215. The monoisotopic (exact) mass is 181 g/mol. The lowest BCUT2D eigenvalue weighted by atomic mass is 10.2. The van der Waals surface area contributed by atoms with Crippen molar-refractivity contribution in [2.24, 2.45) is 0 Å². The van der Waals surface area contributed by atoms with E-state index < -0.39 is 6.09 Å². The Morgan fingerprint density at radius 1 is 1.46 bits per heavy atom. The molecule has 0 saturated carbocycles. The van der Waals surface area contributed by atoms with Gasteiger partial charge in [-0.15, -0.1) is 0 Å². The molecule has 4 heteroatoms. The summed E-state index contributed by atoms with van der Waals surface area (Å²) in [6.45, 7) is 2.02. The van der Waals surface area contributed by atoms with Gasteiger partial charge in [-0.05, 0) is 19.1 Å². The number of rotatable bonds is 2. The van der Waals surface area contributed by atoms with Gasteiger partial charge in [0.2, 0.25) is 0 Å². The average Bonchev–Trinajstić information content (AvgIpc) is 2.09. The second-order valence-corrected chi connectivity index (χ2v) is 2.52. The van der Waals surface area contributed by atoms with E-state index in [9.17, 15) is 9.90 Å². The molecule has 4 nitrogen and oxygen atoms in total. The van der Waals surface area contributed by atoms with Crippen LogP contribution in [0.4, 0.5) is 10.5 Å². The van der Waals surface area contributed by atoms with Gasteiger partial charge < -0.3 is 10.2 Å². The van der Waals surface area contributed by atoms with Gasteiger partial charge >= 0.3 is 6.09 Å². The number of benzene rings is 1. The molecule has 1 amide bonds. The van der Waals surface area contributed by atoms with Crippen molar-refractivity contribution in [3.63, 3.8) is 0 Å². The molecular weight excluding hydrogens is 170 g/mol. The van der Waals surface area contributed by atoms with Gasteiger partial charge in [-0.25, -0.2) is 4.79 Å². The molecule has 1 aromatic carbocycles. The summed E-state index contributed by atoms with van der Waals surface area (Å²) < 4.78 is 0. The van der Waals surface area contributed by atoms with Crippen molar-refractivity contribution in [3.05, 3.63) is 24.3 Å². The molecule has 0 bridgehead atoms. The number of anilines is 1. The molecule has 0 aromatic heterocycles. The molecule has 70 valence electrons. The summed E-state index contributed by atoms with van der Waals surface area (Å²) in [5.41, 5.74) is 0.317. The zero-order chi connectivity index (χ0) is 9.84. The lowest BCUT2D eigenvalue weighted by molar-refractivity contribution is 0.202. The molecule has 0 saturated heterocycles. The van der Waals surface area contributed by atoms with Crippen molar-refractivity contribution in [1.82, 2.24) is 0 Å². The molecule has 13 heavy (non-hydrogen) atoms. The van der Waals surface area contributed by atoms with Crippen molar-refractivity contribution in [3.8, 4) is 5.75 Å². The van der Waals surface area contributed by atoms with E-state index in [1.165, 1.54) is 6.07 Å². The van der Waals surface area contributed by atoms with E-state index in [4.69, 9.17) is 5.11 Å². The Balaban J connectivity index is 3.04. The van der Waals surface area contributed by atoms with Crippen LogP contribution in [0, 0.1) is 0 Å². The van der Waals surface area contributed by atoms with Gasteiger partial charge in [0.1, 0.15) is 5.75 Å². The number of phenolic OH excluding ortho intramolecular Hbond substituents is 1. The van der Waals surface area contributed by atoms with Crippen LogP contribution in [0.25, 0.3) is 0 Å². The molecule has 0 heterocycles. The van der Waals surface area contributed by atoms with E-state index >= 15 is 0 Å². The second kappa shape index (κ2) is 3.80. The van der Waals surface area contributed by atoms with Crippen LogP contribution >= 0.6 is 0 Å². The van der Waals surface area contributed by atoms with Gasteiger partial charge in [0.25, 0.3) is 0 Å². The Morgan fingerprint density at radius 2 is 2.08 bits per heavy atom. The summed E-state index contributed by atoms with van der Waals surface area (Å²) in [7, 11) is 0. The summed E-state index contributed by atoms with van der Waals surface area (Å²) in [4.78, 5) is 11.8. The lowest BCUT2D eigenvalue weighted by Crippen LogP contribution is -2.28. The first-order valence-corrected chi connectivity index (χ1v) is 3.95. The van der Waals surface area contributed by atoms with E-state index in [1.54, 1.807) is 25.1 Å². The number of hydrogen-bond acceptors (Lipinski definition) is 2. The first-order valence-electron chi connectivity index (χ1n) is 3.95. The van der Waals surface area contributed by atoms with Gasteiger partial charge in [0.15, 0.2) is 0 Å². The Kier molecular flexibility index (Phi) is 2.74. The summed E-state index contributed by atoms with van der Waals surface area (Å²) in [6.07, 6.45) is -1.07. The minimum absolute atomic E-state index is 0.0215. The highest BCUT2D eigenvalue weighted by Crippen LogP contribution is 2.25. The highest BCUT2D eigenvalue weighted by Gasteiger charge is 2.14. The van der Waals surface area contributed by atoms with Gasteiger partial charge in [0, 0.05) is 6.54 Å². The number of amides is 1.